The summed E-state index contributed by atoms with van der Waals surface area (Å²) < 4.78 is 44.0. The molecule has 0 saturated carbocycles. The SMILES string of the molecule is COc1ccc(S(=O)(=O)N2CCN(C(C(=O)N3CCOCC3)c3ccccc3)CC2)cc1OC. The quantitative estimate of drug-likeness (QED) is 0.584. The first-order valence-corrected chi connectivity index (χ1v) is 12.8. The lowest BCUT2D eigenvalue weighted by molar-refractivity contribution is -0.142. The van der Waals surface area contributed by atoms with Crippen LogP contribution in [0.2, 0.25) is 0 Å². The highest BCUT2D eigenvalue weighted by Crippen LogP contribution is 2.32. The van der Waals surface area contributed by atoms with E-state index >= 15 is 0 Å². The highest BCUT2D eigenvalue weighted by atomic mass is 32.2. The minimum Gasteiger partial charge on any atom is -0.493 e. The minimum atomic E-state index is -3.71. The average Bonchev–Trinajstić information content (AvgIpc) is 2.89. The molecule has 2 saturated heterocycles. The lowest BCUT2D eigenvalue weighted by Crippen LogP contribution is -2.54. The van der Waals surface area contributed by atoms with Crippen LogP contribution in [0.5, 0.6) is 11.5 Å². The Morgan fingerprint density at radius 2 is 1.53 bits per heavy atom. The van der Waals surface area contributed by atoms with Crippen molar-refractivity contribution in [3.8, 4) is 11.5 Å². The maximum absolute atomic E-state index is 13.5. The highest BCUT2D eigenvalue weighted by Gasteiger charge is 2.36. The molecule has 0 radical (unpaired) electrons. The number of rotatable bonds is 7. The molecule has 2 heterocycles. The molecule has 2 aliphatic heterocycles. The van der Waals surface area contributed by atoms with Gasteiger partial charge in [0, 0.05) is 45.3 Å². The monoisotopic (exact) mass is 489 g/mol. The van der Waals surface area contributed by atoms with Crippen molar-refractivity contribution in [3.63, 3.8) is 0 Å². The Bertz CT molecular complexity index is 1080. The van der Waals surface area contributed by atoms with Gasteiger partial charge in [-0.15, -0.1) is 0 Å². The maximum atomic E-state index is 13.5. The lowest BCUT2D eigenvalue weighted by atomic mass is 10.0. The van der Waals surface area contributed by atoms with Gasteiger partial charge in [0.25, 0.3) is 0 Å². The third kappa shape index (κ3) is 5.05. The normalized spacial score (nSPS) is 18.9. The highest BCUT2D eigenvalue weighted by molar-refractivity contribution is 7.89. The number of sulfonamides is 1. The second-order valence-electron chi connectivity index (χ2n) is 8.21. The van der Waals surface area contributed by atoms with Crippen molar-refractivity contribution >= 4 is 15.9 Å². The second-order valence-corrected chi connectivity index (χ2v) is 10.1. The summed E-state index contributed by atoms with van der Waals surface area (Å²) in [6.07, 6.45) is 0. The van der Waals surface area contributed by atoms with E-state index < -0.39 is 16.1 Å². The summed E-state index contributed by atoms with van der Waals surface area (Å²) in [6.45, 7) is 3.66. The van der Waals surface area contributed by atoms with Crippen LogP contribution in [-0.2, 0) is 19.6 Å². The second kappa shape index (κ2) is 10.7. The third-order valence-electron chi connectivity index (χ3n) is 6.30. The molecule has 0 spiro atoms. The molecule has 2 aromatic rings. The Morgan fingerprint density at radius 1 is 0.882 bits per heavy atom. The average molecular weight is 490 g/mol. The first-order chi connectivity index (χ1) is 16.5. The van der Waals surface area contributed by atoms with E-state index in [4.69, 9.17) is 14.2 Å². The van der Waals surface area contributed by atoms with E-state index in [0.717, 1.165) is 5.56 Å². The molecular formula is C24H31N3O6S. The molecule has 0 aromatic heterocycles. The van der Waals surface area contributed by atoms with Gasteiger partial charge in [-0.3, -0.25) is 9.69 Å². The van der Waals surface area contributed by atoms with Crippen LogP contribution in [0.4, 0.5) is 0 Å². The number of carbonyl (C=O) groups is 1. The van der Waals surface area contributed by atoms with Gasteiger partial charge in [-0.1, -0.05) is 30.3 Å². The van der Waals surface area contributed by atoms with Crippen LogP contribution >= 0.6 is 0 Å². The fourth-order valence-corrected chi connectivity index (χ4v) is 5.87. The number of morpholine rings is 1. The van der Waals surface area contributed by atoms with E-state index in [1.807, 2.05) is 35.2 Å². The van der Waals surface area contributed by atoms with Gasteiger partial charge in [0.15, 0.2) is 11.5 Å². The zero-order valence-corrected chi connectivity index (χ0v) is 20.4. The Hall–Kier alpha value is -2.66. The summed E-state index contributed by atoms with van der Waals surface area (Å²) in [4.78, 5) is 17.6. The lowest BCUT2D eigenvalue weighted by Gasteiger charge is -2.40. The number of hydrogen-bond donors (Lipinski definition) is 0. The van der Waals surface area contributed by atoms with E-state index in [2.05, 4.69) is 4.90 Å². The number of nitrogens with zero attached hydrogens (tertiary/aromatic N) is 3. The van der Waals surface area contributed by atoms with Crippen molar-refractivity contribution in [3.05, 3.63) is 54.1 Å². The molecule has 0 N–H and O–H groups in total. The molecule has 4 rings (SSSR count). The molecular weight excluding hydrogens is 458 g/mol. The fourth-order valence-electron chi connectivity index (χ4n) is 4.43. The van der Waals surface area contributed by atoms with Crippen molar-refractivity contribution in [1.29, 1.82) is 0 Å². The molecule has 1 unspecified atom stereocenters. The van der Waals surface area contributed by atoms with Gasteiger partial charge >= 0.3 is 0 Å². The number of benzene rings is 2. The van der Waals surface area contributed by atoms with Crippen molar-refractivity contribution in [1.82, 2.24) is 14.1 Å². The van der Waals surface area contributed by atoms with Crippen molar-refractivity contribution in [2.75, 3.05) is 66.7 Å². The summed E-state index contributed by atoms with van der Waals surface area (Å²) in [5.74, 6) is 0.867. The molecule has 2 aliphatic rings. The van der Waals surface area contributed by atoms with E-state index in [1.165, 1.54) is 30.7 Å². The number of ether oxygens (including phenoxy) is 3. The van der Waals surface area contributed by atoms with E-state index in [-0.39, 0.29) is 23.9 Å². The van der Waals surface area contributed by atoms with Crippen LogP contribution < -0.4 is 9.47 Å². The molecule has 2 aromatic carbocycles. The fraction of sp³-hybridized carbons (Fsp3) is 0.458. The molecule has 1 atom stereocenters. The molecule has 34 heavy (non-hydrogen) atoms. The number of methoxy groups -OCH3 is 2. The van der Waals surface area contributed by atoms with E-state index in [9.17, 15) is 13.2 Å². The summed E-state index contributed by atoms with van der Waals surface area (Å²) >= 11 is 0. The molecule has 10 heteroatoms. The van der Waals surface area contributed by atoms with Gasteiger partial charge in [-0.05, 0) is 17.7 Å². The van der Waals surface area contributed by atoms with Crippen LogP contribution in [0.15, 0.2) is 53.4 Å². The van der Waals surface area contributed by atoms with Gasteiger partial charge in [0.05, 0.1) is 32.3 Å². The van der Waals surface area contributed by atoms with Crippen LogP contribution in [0, 0.1) is 0 Å². The van der Waals surface area contributed by atoms with Crippen molar-refractivity contribution in [2.45, 2.75) is 10.9 Å². The summed E-state index contributed by atoms with van der Waals surface area (Å²) in [5, 5.41) is 0. The van der Waals surface area contributed by atoms with Crippen molar-refractivity contribution < 1.29 is 27.4 Å². The Morgan fingerprint density at radius 3 is 2.15 bits per heavy atom. The van der Waals surface area contributed by atoms with Gasteiger partial charge in [-0.25, -0.2) is 8.42 Å². The first-order valence-electron chi connectivity index (χ1n) is 11.3. The van der Waals surface area contributed by atoms with Gasteiger partial charge < -0.3 is 19.1 Å². The van der Waals surface area contributed by atoms with Crippen molar-refractivity contribution in [2.24, 2.45) is 0 Å². The van der Waals surface area contributed by atoms with Gasteiger partial charge in [0.2, 0.25) is 15.9 Å². The number of piperazine rings is 1. The molecule has 0 bridgehead atoms. The summed E-state index contributed by atoms with van der Waals surface area (Å²) in [7, 11) is -0.734. The van der Waals surface area contributed by atoms with E-state index in [1.54, 1.807) is 6.07 Å². The summed E-state index contributed by atoms with van der Waals surface area (Å²) in [5.41, 5.74) is 0.912. The van der Waals surface area contributed by atoms with Crippen LogP contribution in [-0.4, -0.2) is 95.1 Å². The summed E-state index contributed by atoms with van der Waals surface area (Å²) in [6, 6.07) is 13.8. The Kier molecular flexibility index (Phi) is 7.72. The standard InChI is InChI=1S/C24H31N3O6S/c1-31-21-9-8-20(18-22(21)32-2)34(29,30)27-12-10-25(11-13-27)23(19-6-4-3-5-7-19)24(28)26-14-16-33-17-15-26/h3-9,18,23H,10-17H2,1-2H3. The van der Waals surface area contributed by atoms with Crippen LogP contribution in [0.3, 0.4) is 0 Å². The molecule has 1 amide bonds. The van der Waals surface area contributed by atoms with E-state index in [0.29, 0.717) is 50.9 Å². The molecule has 184 valence electrons. The van der Waals surface area contributed by atoms with Crippen LogP contribution in [0.1, 0.15) is 11.6 Å². The van der Waals surface area contributed by atoms with Gasteiger partial charge in [-0.2, -0.15) is 4.31 Å². The largest absolute Gasteiger partial charge is 0.493 e. The zero-order chi connectivity index (χ0) is 24.1. The molecule has 2 fully saturated rings. The third-order valence-corrected chi connectivity index (χ3v) is 8.20. The molecule has 0 aliphatic carbocycles. The first kappa shape index (κ1) is 24.5. The zero-order valence-electron chi connectivity index (χ0n) is 19.6. The molecule has 9 nitrogen and oxygen atoms in total. The number of hydrogen-bond acceptors (Lipinski definition) is 7. The number of carbonyl (C=O) groups excluding carboxylic acids is 1. The predicted molar refractivity (Wildman–Crippen MR) is 126 cm³/mol. The minimum absolute atomic E-state index is 0.0331. The predicted octanol–water partition coefficient (Wildman–Crippen LogP) is 1.61. The Balaban J connectivity index is 1.52. The Labute approximate surface area is 200 Å². The smallest absolute Gasteiger partial charge is 0.244 e. The van der Waals surface area contributed by atoms with Crippen LogP contribution in [0.25, 0.3) is 0 Å². The van der Waals surface area contributed by atoms with Gasteiger partial charge in [0.1, 0.15) is 6.04 Å². The maximum Gasteiger partial charge on any atom is 0.244 e. The number of amides is 1. The topological polar surface area (TPSA) is 88.6 Å².